The fourth-order valence-electron chi connectivity index (χ4n) is 3.21. The van der Waals surface area contributed by atoms with Gasteiger partial charge < -0.3 is 4.74 Å². The number of halogens is 4. The summed E-state index contributed by atoms with van der Waals surface area (Å²) in [6.45, 7) is -0.306. The molecule has 0 aliphatic rings. The lowest BCUT2D eigenvalue weighted by atomic mass is 10.2. The summed E-state index contributed by atoms with van der Waals surface area (Å²) < 4.78 is 72.2. The number of ether oxygens (including phenoxy) is 1. The van der Waals surface area contributed by atoms with E-state index >= 15 is 0 Å². The molecule has 0 saturated carbocycles. The number of aromatic nitrogens is 3. The molecule has 0 atom stereocenters. The third-order valence-corrected chi connectivity index (χ3v) is 6.58. The summed E-state index contributed by atoms with van der Waals surface area (Å²) in [6.07, 6.45) is -4.52. The minimum Gasteiger partial charge on any atom is -0.486 e. The molecule has 0 spiro atoms. The molecule has 0 amide bonds. The summed E-state index contributed by atoms with van der Waals surface area (Å²) in [5.74, 6) is -0.273. The molecular formula is C23H17ClF3N3O3S. The van der Waals surface area contributed by atoms with Gasteiger partial charge >= 0.3 is 6.18 Å². The van der Waals surface area contributed by atoms with Gasteiger partial charge in [0, 0.05) is 10.7 Å². The highest BCUT2D eigenvalue weighted by Gasteiger charge is 2.31. The fraction of sp³-hybridized carbons (Fsp3) is 0.130. The maximum Gasteiger partial charge on any atom is 0.416 e. The van der Waals surface area contributed by atoms with Crippen molar-refractivity contribution in [3.05, 3.63) is 101 Å². The molecule has 176 valence electrons. The highest BCUT2D eigenvalue weighted by atomic mass is 35.5. The maximum atomic E-state index is 13.2. The average Bonchev–Trinajstić information content (AvgIpc) is 3.24. The van der Waals surface area contributed by atoms with Crippen LogP contribution in [-0.2, 0) is 28.4 Å². The molecule has 0 N–H and O–H groups in total. The van der Waals surface area contributed by atoms with Crippen LogP contribution in [0.3, 0.4) is 0 Å². The number of rotatable bonds is 7. The lowest BCUT2D eigenvalue weighted by Crippen LogP contribution is -2.14. The first-order chi connectivity index (χ1) is 16.1. The van der Waals surface area contributed by atoms with E-state index in [9.17, 15) is 21.6 Å². The molecule has 6 nitrogen and oxygen atoms in total. The minimum absolute atomic E-state index is 0.0389. The van der Waals surface area contributed by atoms with Crippen LogP contribution in [0.15, 0.2) is 84.0 Å². The Bertz CT molecular complexity index is 1390. The first kappa shape index (κ1) is 23.8. The third-order valence-electron chi connectivity index (χ3n) is 4.79. The van der Waals surface area contributed by atoms with Gasteiger partial charge in [0.05, 0.1) is 11.3 Å². The number of para-hydroxylation sites is 1. The standard InChI is InChI=1S/C23H17ClF3N3O3S/c24-18-11-9-16(10-12-18)15-34(31,32)22-29-28-21(30(22)19-6-2-1-3-7-19)14-33-20-8-4-5-17(13-20)23(25,26)27/h1-13H,14-15H2. The van der Waals surface area contributed by atoms with Crippen molar-refractivity contribution in [2.75, 3.05) is 0 Å². The van der Waals surface area contributed by atoms with Crippen LogP contribution in [-0.4, -0.2) is 23.2 Å². The Hall–Kier alpha value is -3.37. The Labute approximate surface area is 198 Å². The average molecular weight is 508 g/mol. The SMILES string of the molecule is O=S(=O)(Cc1ccc(Cl)cc1)c1nnc(COc2cccc(C(F)(F)F)c2)n1-c1ccccc1. The number of nitrogens with zero attached hydrogens (tertiary/aromatic N) is 3. The van der Waals surface area contributed by atoms with Crippen LogP contribution in [0.5, 0.6) is 5.75 Å². The summed E-state index contributed by atoms with van der Waals surface area (Å²) in [7, 11) is -3.95. The van der Waals surface area contributed by atoms with E-state index in [0.29, 0.717) is 16.3 Å². The van der Waals surface area contributed by atoms with Gasteiger partial charge in [-0.3, -0.25) is 4.57 Å². The van der Waals surface area contributed by atoms with Crippen molar-refractivity contribution in [3.8, 4) is 11.4 Å². The molecule has 34 heavy (non-hydrogen) atoms. The number of benzene rings is 3. The molecule has 0 bridgehead atoms. The molecule has 0 fully saturated rings. The third kappa shape index (κ3) is 5.40. The Morgan fingerprint density at radius 1 is 0.912 bits per heavy atom. The van der Waals surface area contributed by atoms with Gasteiger partial charge in [-0.25, -0.2) is 8.42 Å². The summed E-state index contributed by atoms with van der Waals surface area (Å²) in [5, 5.41) is 8.02. The predicted molar refractivity (Wildman–Crippen MR) is 119 cm³/mol. The van der Waals surface area contributed by atoms with Crippen LogP contribution in [0.4, 0.5) is 13.2 Å². The molecule has 11 heteroatoms. The first-order valence-electron chi connectivity index (χ1n) is 9.90. The molecule has 1 heterocycles. The van der Waals surface area contributed by atoms with Crippen molar-refractivity contribution in [1.29, 1.82) is 0 Å². The van der Waals surface area contributed by atoms with Crippen molar-refractivity contribution in [3.63, 3.8) is 0 Å². The van der Waals surface area contributed by atoms with E-state index in [1.807, 2.05) is 0 Å². The van der Waals surface area contributed by atoms with Gasteiger partial charge in [0.25, 0.3) is 5.16 Å². The van der Waals surface area contributed by atoms with E-state index in [4.69, 9.17) is 16.3 Å². The normalized spacial score (nSPS) is 12.0. The summed E-state index contributed by atoms with van der Waals surface area (Å²) >= 11 is 5.88. The Balaban J connectivity index is 1.67. The maximum absolute atomic E-state index is 13.2. The molecule has 1 aromatic heterocycles. The van der Waals surface area contributed by atoms with E-state index in [1.165, 1.54) is 16.7 Å². The van der Waals surface area contributed by atoms with E-state index in [2.05, 4.69) is 10.2 Å². The minimum atomic E-state index is -4.52. The molecule has 0 aliphatic carbocycles. The van der Waals surface area contributed by atoms with Crippen LogP contribution >= 0.6 is 11.6 Å². The lowest BCUT2D eigenvalue weighted by Gasteiger charge is -2.13. The second kappa shape index (κ2) is 9.47. The van der Waals surface area contributed by atoms with E-state index < -0.39 is 21.6 Å². The van der Waals surface area contributed by atoms with Gasteiger partial charge in [-0.1, -0.05) is 48.0 Å². The van der Waals surface area contributed by atoms with Crippen LogP contribution in [0.1, 0.15) is 17.0 Å². The zero-order valence-corrected chi connectivity index (χ0v) is 19.0. The Kier molecular flexibility index (Phi) is 6.63. The van der Waals surface area contributed by atoms with Gasteiger partial charge in [0.2, 0.25) is 9.84 Å². The largest absolute Gasteiger partial charge is 0.486 e. The van der Waals surface area contributed by atoms with Crippen molar-refractivity contribution in [2.45, 2.75) is 23.7 Å². The molecule has 0 radical (unpaired) electrons. The van der Waals surface area contributed by atoms with Crippen molar-refractivity contribution in [2.24, 2.45) is 0 Å². The lowest BCUT2D eigenvalue weighted by molar-refractivity contribution is -0.137. The summed E-state index contributed by atoms with van der Waals surface area (Å²) in [5.41, 5.74) is 0.111. The van der Waals surface area contributed by atoms with Gasteiger partial charge in [0.1, 0.15) is 12.4 Å². The monoisotopic (exact) mass is 507 g/mol. The van der Waals surface area contributed by atoms with Crippen LogP contribution in [0.25, 0.3) is 5.69 Å². The molecule has 0 aliphatic heterocycles. The topological polar surface area (TPSA) is 74.1 Å². The van der Waals surface area contributed by atoms with Crippen molar-refractivity contribution >= 4 is 21.4 Å². The number of hydrogen-bond donors (Lipinski definition) is 0. The molecule has 4 aromatic rings. The zero-order chi connectivity index (χ0) is 24.3. The predicted octanol–water partition coefficient (Wildman–Crippen LogP) is 5.49. The quantitative estimate of drug-likeness (QED) is 0.330. The van der Waals surface area contributed by atoms with Crippen molar-refractivity contribution < 1.29 is 26.3 Å². The van der Waals surface area contributed by atoms with Gasteiger partial charge in [-0.15, -0.1) is 10.2 Å². The molecule has 0 saturated heterocycles. The van der Waals surface area contributed by atoms with Gasteiger partial charge in [0.15, 0.2) is 5.82 Å². The second-order valence-corrected chi connectivity index (χ2v) is 9.59. The second-order valence-electron chi connectivity index (χ2n) is 7.27. The van der Waals surface area contributed by atoms with Crippen molar-refractivity contribution in [1.82, 2.24) is 14.8 Å². The summed E-state index contributed by atoms with van der Waals surface area (Å²) in [6, 6.07) is 19.3. The van der Waals surface area contributed by atoms with E-state index in [-0.39, 0.29) is 29.1 Å². The van der Waals surface area contributed by atoms with E-state index in [1.54, 1.807) is 54.6 Å². The molecule has 4 rings (SSSR count). The van der Waals surface area contributed by atoms with Gasteiger partial charge in [-0.05, 0) is 48.0 Å². The van der Waals surface area contributed by atoms with Crippen LogP contribution in [0.2, 0.25) is 5.02 Å². The van der Waals surface area contributed by atoms with E-state index in [0.717, 1.165) is 12.1 Å². The van der Waals surface area contributed by atoms with Gasteiger partial charge in [-0.2, -0.15) is 13.2 Å². The number of alkyl halides is 3. The summed E-state index contributed by atoms with van der Waals surface area (Å²) in [4.78, 5) is 0. The first-order valence-corrected chi connectivity index (χ1v) is 11.9. The molecule has 3 aromatic carbocycles. The molecular weight excluding hydrogens is 491 g/mol. The molecule has 0 unspecified atom stereocenters. The van der Waals surface area contributed by atoms with Crippen LogP contribution in [0, 0.1) is 0 Å². The Morgan fingerprint density at radius 3 is 2.29 bits per heavy atom. The number of sulfone groups is 1. The highest BCUT2D eigenvalue weighted by Crippen LogP contribution is 2.31. The smallest absolute Gasteiger partial charge is 0.416 e. The number of hydrogen-bond acceptors (Lipinski definition) is 5. The fourth-order valence-corrected chi connectivity index (χ4v) is 4.75. The zero-order valence-electron chi connectivity index (χ0n) is 17.4. The Morgan fingerprint density at radius 2 is 1.62 bits per heavy atom. The highest BCUT2D eigenvalue weighted by molar-refractivity contribution is 7.90. The van der Waals surface area contributed by atoms with Crippen LogP contribution < -0.4 is 4.74 Å².